The van der Waals surface area contributed by atoms with Crippen LogP contribution < -0.4 is 0 Å². The molecule has 16 rings (SSSR count). The maximum atomic E-state index is 5.89. The van der Waals surface area contributed by atoms with E-state index < -0.39 is 0 Å². The van der Waals surface area contributed by atoms with Gasteiger partial charge in [-0.2, -0.15) is 24.3 Å². The van der Waals surface area contributed by atoms with Crippen LogP contribution >= 0.6 is 22.7 Å². The third-order valence-electron chi connectivity index (χ3n) is 17.4. The Morgan fingerprint density at radius 2 is 0.952 bits per heavy atom. The number of nitrogens with zero attached hydrogens (tertiary/aromatic N) is 14. The number of hydrogen-bond acceptors (Lipinski definition) is 11. The Labute approximate surface area is 690 Å². The van der Waals surface area contributed by atoms with Crippen LogP contribution in [-0.2, 0) is 150 Å². The first-order chi connectivity index (χ1) is 48.3. The number of furan rings is 1. The van der Waals surface area contributed by atoms with Crippen molar-refractivity contribution >= 4 is 22.7 Å². The van der Waals surface area contributed by atoms with Gasteiger partial charge in [0.05, 0.1) is 51.0 Å². The zero-order valence-corrected chi connectivity index (χ0v) is 74.1. The largest absolute Gasteiger partial charge is 0.544 e. The van der Waals surface area contributed by atoms with Crippen molar-refractivity contribution in [2.45, 2.75) is 55.4 Å². The third kappa shape index (κ3) is 19.0. The second kappa shape index (κ2) is 37.8. The number of imidazole rings is 6. The molecule has 0 saturated carbocycles. The molecule has 105 heavy (non-hydrogen) atoms. The summed E-state index contributed by atoms with van der Waals surface area (Å²) in [7, 11) is 14.0. The molecule has 23 heteroatoms. The molecule has 11 heterocycles. The van der Waals surface area contributed by atoms with Crippen molar-refractivity contribution in [2.75, 3.05) is 0 Å². The summed E-state index contributed by atoms with van der Waals surface area (Å²) in [6, 6.07) is 55.3. The molecule has 0 saturated heterocycles. The molecule has 0 N–H and O–H groups in total. The van der Waals surface area contributed by atoms with Gasteiger partial charge in [0, 0.05) is 207 Å². The zero-order chi connectivity index (χ0) is 70.3. The van der Waals surface area contributed by atoms with E-state index in [4.69, 9.17) is 8.83 Å². The summed E-state index contributed by atoms with van der Waals surface area (Å²) in [4.78, 5) is 35.4. The van der Waals surface area contributed by atoms with E-state index in [-0.39, 0.29) is 101 Å². The summed E-state index contributed by atoms with van der Waals surface area (Å²) in [5.74, 6) is 6.07. The van der Waals surface area contributed by atoms with Crippen molar-refractivity contribution in [2.24, 2.45) is 49.3 Å². The number of benzene rings is 5. The normalized spacial score (nSPS) is 10.4. The molecule has 0 spiro atoms. The number of aromatic nitrogens is 14. The van der Waals surface area contributed by atoms with Gasteiger partial charge in [-0.15, -0.1) is 23.5 Å². The molecule has 0 atom stereocenters. The molecule has 0 bridgehead atoms. The van der Waals surface area contributed by atoms with E-state index in [0.717, 1.165) is 73.3 Å². The van der Waals surface area contributed by atoms with Crippen molar-refractivity contribution < 1.29 is 109 Å². The van der Waals surface area contributed by atoms with E-state index in [1.165, 1.54) is 70.3 Å². The minimum Gasteiger partial charge on any atom is -0.544 e. The van der Waals surface area contributed by atoms with Crippen LogP contribution in [-0.4, -0.2) is 66.9 Å². The van der Waals surface area contributed by atoms with Gasteiger partial charge in [-0.25, -0.2) is 11.3 Å². The van der Waals surface area contributed by atoms with Crippen LogP contribution in [0.15, 0.2) is 204 Å². The average molecular weight is 2320 g/mol. The minimum atomic E-state index is 0. The van der Waals surface area contributed by atoms with Crippen LogP contribution in [0.25, 0.3) is 123 Å². The maximum absolute atomic E-state index is 5.89. The number of rotatable bonds is 11. The van der Waals surface area contributed by atoms with Crippen molar-refractivity contribution in [1.29, 1.82) is 0 Å². The van der Waals surface area contributed by atoms with Crippen molar-refractivity contribution in [1.82, 2.24) is 66.9 Å². The van der Waals surface area contributed by atoms with Gasteiger partial charge in [0.15, 0.2) is 0 Å². The van der Waals surface area contributed by atoms with E-state index >= 15 is 0 Å². The van der Waals surface area contributed by atoms with Gasteiger partial charge in [-0.3, -0.25) is 24.9 Å². The minimum absolute atomic E-state index is 0. The first-order valence-corrected chi connectivity index (χ1v) is 34.2. The smallest absolute Gasteiger partial charge is 0.120 e. The average Bonchev–Trinajstić information content (AvgIpc) is 1.65. The molecule has 0 amide bonds. The zero-order valence-electron chi connectivity index (χ0n) is 60.5. The van der Waals surface area contributed by atoms with Crippen molar-refractivity contribution in [3.8, 4) is 123 Å². The van der Waals surface area contributed by atoms with Gasteiger partial charge >= 0.3 is 0 Å². The SMILES string of the molecule is Cc1cc(-c2ccccc2)cc(-c2n[c-]c(-c3nccn3C)o2)c1.Cc1ccc(-c2cnc(-c3[c-]cco3)n2C)s1.Cc1cccc(C)c1-c1c[c-]c(-c2nccn2C)s1.Cc1cccc(C)c1-c1cnc(-c2[c-]ccn2C)n1C.Cc1cccc(C)c1-c1cnc(-c2[c-]ncn2C)n1C.[Ir].[Ir].[Ir].[Ir].[Ir]. The predicted octanol–water partition coefficient (Wildman–Crippen LogP) is 18.7. The van der Waals surface area contributed by atoms with Crippen LogP contribution in [0.1, 0.15) is 43.8 Å². The molecule has 0 unspecified atom stereocenters. The number of thiophene rings is 2. The van der Waals surface area contributed by atoms with Gasteiger partial charge < -0.3 is 50.8 Å². The Morgan fingerprint density at radius 1 is 0.410 bits per heavy atom. The van der Waals surface area contributed by atoms with Crippen LogP contribution in [0, 0.1) is 86.0 Å². The van der Waals surface area contributed by atoms with Crippen molar-refractivity contribution in [3.05, 3.63) is 270 Å². The molecular weight excluding hydrogens is 2240 g/mol. The molecule has 0 aliphatic heterocycles. The second-order valence-corrected chi connectivity index (χ2v) is 27.0. The Morgan fingerprint density at radius 3 is 1.47 bits per heavy atom. The van der Waals surface area contributed by atoms with Crippen molar-refractivity contribution in [3.63, 3.8) is 0 Å². The summed E-state index contributed by atoms with van der Waals surface area (Å²) in [5.41, 5.74) is 21.2. The summed E-state index contributed by atoms with van der Waals surface area (Å²) in [6.45, 7) is 17.0. The van der Waals surface area contributed by atoms with E-state index in [9.17, 15) is 0 Å². The number of aryl methyl sites for hydroxylation is 12. The van der Waals surface area contributed by atoms with Gasteiger partial charge in [-0.05, 0) is 151 Å². The van der Waals surface area contributed by atoms with E-state index in [1.807, 2.05) is 133 Å². The fourth-order valence-electron chi connectivity index (χ4n) is 12.2. The Balaban J connectivity index is 0.000000182. The quantitative estimate of drug-likeness (QED) is 0.115. The summed E-state index contributed by atoms with van der Waals surface area (Å²) in [6.07, 6.45) is 24.4. The van der Waals surface area contributed by atoms with Crippen LogP contribution in [0.2, 0.25) is 0 Å². The van der Waals surface area contributed by atoms with Crippen LogP contribution in [0.3, 0.4) is 0 Å². The molecule has 5 aromatic carbocycles. The first-order valence-electron chi connectivity index (χ1n) is 32.5. The predicted molar refractivity (Wildman–Crippen MR) is 402 cm³/mol. The van der Waals surface area contributed by atoms with Gasteiger partial charge in [-0.1, -0.05) is 148 Å². The summed E-state index contributed by atoms with van der Waals surface area (Å²) in [5, 5.41) is 0. The Hall–Kier alpha value is -8.22. The summed E-state index contributed by atoms with van der Waals surface area (Å²) >= 11 is 3.51. The molecular formula is C82H77Ir5N14O2S2-5. The molecule has 0 aliphatic rings. The fraction of sp³-hybridized carbons (Fsp3) is 0.183. The molecule has 0 aliphatic carbocycles. The summed E-state index contributed by atoms with van der Waals surface area (Å²) < 4.78 is 25.4. The third-order valence-corrected chi connectivity index (χ3v) is 19.4. The molecule has 549 valence electrons. The molecule has 16 nitrogen and oxygen atoms in total. The standard InChI is InChI=1S/C20H16N3O.C17H18N3.C16H17N4.C16H15N2S.C13H11N2OS.5Ir/c1-14-10-16(15-6-4-3-5-7-15)12-17(11-14)20-22-13-18(24-20)19-21-8-9-23(19)2;1-12-7-5-8-13(2)16(12)15-11-18-17(20(15)4)14-9-6-10-19(14)3;1-11-6-5-7-12(2)15(11)13-9-18-16(20(13)4)14-8-17-10-19(14)3;1-11-5-4-6-12(2)15(11)13-7-8-14(19-13)16-17-9-10-18(16)3;1-9-5-6-12(17-9)10-8-14-13(15(10)2)11-4-3-7-16-11;;;;;/h3-12H,1-2H3;5-8,10-11H,1-4H3;5-7,9-10H,1-4H3;4-7,9-10H,1-3H3;3,5-8H,1-2H3;;;;;/q5*-1;;;;;. The number of oxazole rings is 1. The van der Waals surface area contributed by atoms with Crippen LogP contribution in [0.5, 0.6) is 0 Å². The van der Waals surface area contributed by atoms with E-state index in [0.29, 0.717) is 23.2 Å². The van der Waals surface area contributed by atoms with E-state index in [1.54, 1.807) is 47.5 Å². The molecule has 0 fully saturated rings. The van der Waals surface area contributed by atoms with Crippen LogP contribution in [0.4, 0.5) is 0 Å². The number of hydrogen-bond donors (Lipinski definition) is 0. The maximum Gasteiger partial charge on any atom is 0.120 e. The van der Waals surface area contributed by atoms with Gasteiger partial charge in [0.2, 0.25) is 0 Å². The second-order valence-electron chi connectivity index (χ2n) is 24.6. The molecule has 16 aromatic rings. The molecule has 5 radical (unpaired) electrons. The Bertz CT molecular complexity index is 5250. The first kappa shape index (κ1) is 84.0. The fourth-order valence-corrected chi connectivity index (χ4v) is 14.2. The van der Waals surface area contributed by atoms with E-state index in [2.05, 4.69) is 240 Å². The molecule has 11 aromatic heterocycles. The Kier molecular flexibility index (Phi) is 30.3. The topological polar surface area (TPSA) is 151 Å². The van der Waals surface area contributed by atoms with Gasteiger partial charge in [0.1, 0.15) is 5.89 Å². The van der Waals surface area contributed by atoms with Gasteiger partial charge in [0.25, 0.3) is 0 Å². The monoisotopic (exact) mass is 2320 g/mol.